The Balaban J connectivity index is 1.57. The Bertz CT molecular complexity index is 1110. The molecule has 0 spiro atoms. The number of imidazole rings is 1. The molecule has 31 heavy (non-hydrogen) atoms. The average molecular weight is 424 g/mol. The van der Waals surface area contributed by atoms with Gasteiger partial charge in [-0.25, -0.2) is 9.97 Å². The summed E-state index contributed by atoms with van der Waals surface area (Å²) < 4.78 is 7.98. The van der Waals surface area contributed by atoms with E-state index in [1.54, 1.807) is 6.92 Å². The lowest BCUT2D eigenvalue weighted by atomic mass is 10.1. The van der Waals surface area contributed by atoms with Gasteiger partial charge in [0, 0.05) is 38.4 Å². The van der Waals surface area contributed by atoms with E-state index in [1.807, 2.05) is 4.90 Å². The second kappa shape index (κ2) is 8.83. The fourth-order valence-corrected chi connectivity index (χ4v) is 4.87. The van der Waals surface area contributed by atoms with Crippen molar-refractivity contribution in [2.45, 2.75) is 72.1 Å². The Hall–Kier alpha value is -2.67. The number of anilines is 1. The van der Waals surface area contributed by atoms with Crippen LogP contribution in [0.2, 0.25) is 0 Å². The first-order chi connectivity index (χ1) is 14.9. The molecule has 0 aliphatic carbocycles. The summed E-state index contributed by atoms with van der Waals surface area (Å²) in [5, 5.41) is 1.10. The summed E-state index contributed by atoms with van der Waals surface area (Å²) in [4.78, 5) is 23.7. The van der Waals surface area contributed by atoms with Gasteiger partial charge in [-0.3, -0.25) is 4.79 Å². The molecular weight excluding hydrogens is 390 g/mol. The molecule has 0 radical (unpaired) electrons. The number of aryl methyl sites for hydroxylation is 3. The van der Waals surface area contributed by atoms with Crippen molar-refractivity contribution in [2.24, 2.45) is 0 Å². The lowest BCUT2D eigenvalue weighted by molar-refractivity contribution is -0.132. The summed E-state index contributed by atoms with van der Waals surface area (Å²) in [6, 6.07) is 6.42. The predicted octanol–water partition coefficient (Wildman–Crippen LogP) is 3.84. The van der Waals surface area contributed by atoms with E-state index in [0.717, 1.165) is 78.7 Å². The maximum absolute atomic E-state index is 12.2. The number of amides is 1. The van der Waals surface area contributed by atoms with E-state index in [0.29, 0.717) is 5.82 Å². The average Bonchev–Trinajstić information content (AvgIpc) is 3.33. The molecule has 4 rings (SSSR count). The van der Waals surface area contributed by atoms with Gasteiger partial charge in [0.25, 0.3) is 0 Å². The number of nitrogens with two attached hydrogens (primary N) is 1. The molecule has 2 unspecified atom stereocenters. The maximum atomic E-state index is 12.2. The number of carbonyl (C=O) groups is 1. The largest absolute Gasteiger partial charge is 0.382 e. The van der Waals surface area contributed by atoms with Gasteiger partial charge in [-0.05, 0) is 38.7 Å². The highest BCUT2D eigenvalue weighted by Gasteiger charge is 2.31. The minimum absolute atomic E-state index is 0.110. The molecular formula is C24H33N5O2. The summed E-state index contributed by atoms with van der Waals surface area (Å²) in [5.74, 6) is 1.65. The van der Waals surface area contributed by atoms with E-state index >= 15 is 0 Å². The van der Waals surface area contributed by atoms with Crippen molar-refractivity contribution in [1.29, 1.82) is 0 Å². The van der Waals surface area contributed by atoms with Crippen molar-refractivity contribution in [3.05, 3.63) is 29.6 Å². The quantitative estimate of drug-likeness (QED) is 0.584. The van der Waals surface area contributed by atoms with Crippen molar-refractivity contribution in [3.63, 3.8) is 0 Å². The van der Waals surface area contributed by atoms with E-state index in [1.165, 1.54) is 0 Å². The zero-order valence-electron chi connectivity index (χ0n) is 19.0. The number of nitrogen functional groups attached to an aromatic ring is 1. The fraction of sp³-hybridized carbons (Fsp3) is 0.542. The van der Waals surface area contributed by atoms with Crippen LogP contribution in [-0.4, -0.2) is 50.6 Å². The number of unbranched alkanes of at least 4 members (excludes halogenated alkanes) is 1. The van der Waals surface area contributed by atoms with Crippen molar-refractivity contribution >= 4 is 33.7 Å². The van der Waals surface area contributed by atoms with Crippen LogP contribution in [0.5, 0.6) is 0 Å². The van der Waals surface area contributed by atoms with Gasteiger partial charge in [0.15, 0.2) is 5.82 Å². The van der Waals surface area contributed by atoms with Crippen LogP contribution in [0.4, 0.5) is 5.82 Å². The van der Waals surface area contributed by atoms with E-state index in [4.69, 9.17) is 15.5 Å². The van der Waals surface area contributed by atoms with Gasteiger partial charge in [0.05, 0.1) is 23.2 Å². The normalized spacial score (nSPS) is 18.8. The number of ether oxygens (including phenoxy) is 1. The van der Waals surface area contributed by atoms with E-state index in [9.17, 15) is 4.79 Å². The van der Waals surface area contributed by atoms with Crippen molar-refractivity contribution in [1.82, 2.24) is 19.4 Å². The van der Waals surface area contributed by atoms with Crippen LogP contribution in [0, 0.1) is 6.92 Å². The smallest absolute Gasteiger partial charge is 0.219 e. The number of aromatic nitrogens is 3. The molecule has 3 heterocycles. The highest BCUT2D eigenvalue weighted by Crippen LogP contribution is 2.31. The molecule has 1 aliphatic rings. The number of fused-ring (bicyclic) bond motifs is 3. The lowest BCUT2D eigenvalue weighted by Gasteiger charge is -2.30. The number of rotatable bonds is 7. The molecule has 166 valence electrons. The number of benzene rings is 1. The molecule has 2 atom stereocenters. The van der Waals surface area contributed by atoms with Gasteiger partial charge in [-0.2, -0.15) is 0 Å². The number of hydrogen-bond acceptors (Lipinski definition) is 5. The first kappa shape index (κ1) is 21.6. The van der Waals surface area contributed by atoms with Crippen LogP contribution >= 0.6 is 0 Å². The lowest BCUT2D eigenvalue weighted by Crippen LogP contribution is -2.43. The Morgan fingerprint density at radius 3 is 2.77 bits per heavy atom. The maximum Gasteiger partial charge on any atom is 0.219 e. The SMILES string of the molecule is CCc1nc2c(N)nc3c(C)cccc3c2n1CCCCN(C(C)=O)C1CCOC1C. The van der Waals surface area contributed by atoms with Crippen LogP contribution in [0.3, 0.4) is 0 Å². The van der Waals surface area contributed by atoms with Gasteiger partial charge >= 0.3 is 0 Å². The molecule has 7 nitrogen and oxygen atoms in total. The summed E-state index contributed by atoms with van der Waals surface area (Å²) in [5.41, 5.74) is 10.2. The van der Waals surface area contributed by atoms with Crippen LogP contribution in [-0.2, 0) is 22.5 Å². The van der Waals surface area contributed by atoms with Gasteiger partial charge in [-0.15, -0.1) is 0 Å². The molecule has 2 N–H and O–H groups in total. The molecule has 1 saturated heterocycles. The number of hydrogen-bond donors (Lipinski definition) is 1. The minimum atomic E-state index is 0.110. The zero-order chi connectivity index (χ0) is 22.1. The standard InChI is InChI=1S/C24H33N5O2/c1-5-20-26-22-23(18-10-8-9-15(2)21(18)27-24(22)25)29(20)13-7-6-12-28(17(4)30)19-11-14-31-16(19)3/h8-10,16,19H,5-7,11-14H2,1-4H3,(H2,25,27). The Morgan fingerprint density at radius 2 is 2.10 bits per heavy atom. The highest BCUT2D eigenvalue weighted by atomic mass is 16.5. The molecule has 1 amide bonds. The van der Waals surface area contributed by atoms with Crippen molar-refractivity contribution < 1.29 is 9.53 Å². The molecule has 0 bridgehead atoms. The van der Waals surface area contributed by atoms with Crippen LogP contribution in [0.1, 0.15) is 51.4 Å². The van der Waals surface area contributed by atoms with Gasteiger partial charge < -0.3 is 19.9 Å². The third kappa shape index (κ3) is 3.99. The Morgan fingerprint density at radius 1 is 1.29 bits per heavy atom. The highest BCUT2D eigenvalue weighted by molar-refractivity contribution is 6.07. The van der Waals surface area contributed by atoms with Gasteiger partial charge in [-0.1, -0.05) is 25.1 Å². The zero-order valence-corrected chi connectivity index (χ0v) is 19.0. The monoisotopic (exact) mass is 423 g/mol. The second-order valence-corrected chi connectivity index (χ2v) is 8.55. The number of nitrogens with zero attached hydrogens (tertiary/aromatic N) is 4. The number of carbonyl (C=O) groups excluding carboxylic acids is 1. The molecule has 1 aliphatic heterocycles. The molecule has 1 fully saturated rings. The van der Waals surface area contributed by atoms with Gasteiger partial charge in [0.1, 0.15) is 11.3 Å². The van der Waals surface area contributed by atoms with Crippen LogP contribution in [0.25, 0.3) is 21.9 Å². The Labute approximate surface area is 183 Å². The molecule has 3 aromatic rings. The summed E-state index contributed by atoms with van der Waals surface area (Å²) in [7, 11) is 0. The summed E-state index contributed by atoms with van der Waals surface area (Å²) in [6.45, 7) is 10.2. The van der Waals surface area contributed by atoms with E-state index < -0.39 is 0 Å². The first-order valence-electron chi connectivity index (χ1n) is 11.3. The molecule has 0 saturated carbocycles. The summed E-state index contributed by atoms with van der Waals surface area (Å²) >= 11 is 0. The van der Waals surface area contributed by atoms with E-state index in [-0.39, 0.29) is 18.1 Å². The minimum Gasteiger partial charge on any atom is -0.382 e. The third-order valence-electron chi connectivity index (χ3n) is 6.50. The third-order valence-corrected chi connectivity index (χ3v) is 6.50. The molecule has 1 aromatic carbocycles. The van der Waals surface area contributed by atoms with Crippen LogP contribution < -0.4 is 5.73 Å². The number of para-hydroxylation sites is 1. The van der Waals surface area contributed by atoms with Crippen molar-refractivity contribution in [2.75, 3.05) is 18.9 Å². The topological polar surface area (TPSA) is 86.3 Å². The molecule has 2 aromatic heterocycles. The number of pyridine rings is 1. The second-order valence-electron chi connectivity index (χ2n) is 8.55. The molecule has 7 heteroatoms. The summed E-state index contributed by atoms with van der Waals surface area (Å²) in [6.07, 6.45) is 3.75. The Kier molecular flexibility index (Phi) is 6.14. The van der Waals surface area contributed by atoms with Crippen LogP contribution in [0.15, 0.2) is 18.2 Å². The van der Waals surface area contributed by atoms with Crippen molar-refractivity contribution in [3.8, 4) is 0 Å². The fourth-order valence-electron chi connectivity index (χ4n) is 4.87. The van der Waals surface area contributed by atoms with E-state index in [2.05, 4.69) is 48.5 Å². The predicted molar refractivity (Wildman–Crippen MR) is 124 cm³/mol. The first-order valence-corrected chi connectivity index (χ1v) is 11.3. The van der Waals surface area contributed by atoms with Gasteiger partial charge in [0.2, 0.25) is 5.91 Å².